The second-order valence-corrected chi connectivity index (χ2v) is 26.1. The average molecular weight is 1420 g/mol. The fourth-order valence-corrected chi connectivity index (χ4v) is 14.6. The molecule has 0 spiro atoms. The first-order valence-corrected chi connectivity index (χ1v) is 35.5. The zero-order valence-corrected chi connectivity index (χ0v) is 59.1. The van der Waals surface area contributed by atoms with E-state index in [-0.39, 0.29) is 15.8 Å². The Morgan fingerprint density at radius 3 is 0.745 bits per heavy atom. The van der Waals surface area contributed by atoms with E-state index in [0.29, 0.717) is 13.4 Å². The minimum atomic E-state index is 0. The number of halogens is 1. The summed E-state index contributed by atoms with van der Waals surface area (Å²) in [6.07, 6.45) is 16.9. The standard InChI is InChI=1S/C48H33N.C30H23BNO2.C18H11Br.C2H2.CH4.B/c1-4-10-34(11-5-1)36-18-26-42(27-19-36)49(43-28-20-37(21-29-43)35-12-6-2-7-13-35)44-30-22-39(23-31-44)46-33-25-41-17-16-40-24-32-45(48(46)47(40)41)38-14-8-3-9-15-38;33-31-34-30-21-19-29(20-22-30)32(27-15-11-25(12-16-27)23-7-3-1-4-8-23)28-17-13-26(14-18-28)24-9-5-2-6-10-24;19-16-11-9-14-7-6-13-8-10-15(18(16)17(13)14)12-4-2-1-3-5-12;1-2;;/h1-33H;1-22,33H;1-11H;1-2H;1H4;. The highest BCUT2D eigenvalue weighted by Crippen LogP contribution is 2.46. The van der Waals surface area contributed by atoms with E-state index in [1.165, 1.54) is 122 Å². The quantitative estimate of drug-likeness (QED) is 0.0820. The van der Waals surface area contributed by atoms with Crippen LogP contribution in [0.15, 0.2) is 381 Å². The molecule has 2 aliphatic carbocycles. The predicted octanol–water partition coefficient (Wildman–Crippen LogP) is 27.1. The van der Waals surface area contributed by atoms with Gasteiger partial charge < -0.3 is 19.5 Å². The summed E-state index contributed by atoms with van der Waals surface area (Å²) in [7, 11) is 0.692. The fraction of sp³-hybridized carbons (Fsp3) is 0.0101. The van der Waals surface area contributed by atoms with E-state index in [1.54, 1.807) is 0 Å². The van der Waals surface area contributed by atoms with Crippen molar-refractivity contribution in [1.29, 1.82) is 0 Å². The van der Waals surface area contributed by atoms with Gasteiger partial charge in [-0.3, -0.25) is 0 Å². The second-order valence-electron chi connectivity index (χ2n) is 25.2. The number of hydrogen-bond acceptors (Lipinski definition) is 4. The van der Waals surface area contributed by atoms with Crippen LogP contribution in [0.5, 0.6) is 5.75 Å². The topological polar surface area (TPSA) is 35.9 Å². The highest BCUT2D eigenvalue weighted by molar-refractivity contribution is 9.10. The third-order valence-corrected chi connectivity index (χ3v) is 19.8. The van der Waals surface area contributed by atoms with Crippen LogP contribution in [0.25, 0.3) is 124 Å². The second kappa shape index (κ2) is 33.4. The molecule has 0 saturated carbocycles. The van der Waals surface area contributed by atoms with Crippen LogP contribution in [0.3, 0.4) is 0 Å². The maximum atomic E-state index is 8.94. The number of hydrogen-bond donors (Lipinski definition) is 1. The fourth-order valence-electron chi connectivity index (χ4n) is 14.1. The van der Waals surface area contributed by atoms with E-state index in [2.05, 4.69) is 403 Å². The molecule has 0 atom stereocenters. The third-order valence-electron chi connectivity index (χ3n) is 19.1. The van der Waals surface area contributed by atoms with Gasteiger partial charge in [-0.2, -0.15) is 0 Å². The SMILES string of the molecule is Brc1ccc2c3c(ccc(-c4ccccc4)c13)C=C2.C.C#C.C1=Cc2ccc(-c3ccc(N(c4ccc(-c5ccccc5)cc4)c4ccc(-c5ccccc5)cc4)cc3)c3c(-c4ccccc4)ccc1c23.O[B]Oc1ccc(N(c2ccc(-c3ccccc3)cc2)c2ccc(-c3ccccc3)cc2)cc1.[B]. The molecule has 16 aromatic carbocycles. The zero-order chi connectivity index (χ0) is 70.6. The molecule has 504 valence electrons. The minimum absolute atomic E-state index is 0. The van der Waals surface area contributed by atoms with Gasteiger partial charge in [0.15, 0.2) is 0 Å². The lowest BCUT2D eigenvalue weighted by molar-refractivity contribution is 0.454. The van der Waals surface area contributed by atoms with Gasteiger partial charge in [-0.05, 0) is 207 Å². The third kappa shape index (κ3) is 15.2. The number of benzene rings is 16. The van der Waals surface area contributed by atoms with Gasteiger partial charge in [-0.15, -0.1) is 12.8 Å². The van der Waals surface area contributed by atoms with Crippen molar-refractivity contribution in [3.63, 3.8) is 0 Å². The van der Waals surface area contributed by atoms with E-state index < -0.39 is 0 Å². The van der Waals surface area contributed by atoms with Crippen LogP contribution < -0.4 is 14.5 Å². The van der Waals surface area contributed by atoms with Gasteiger partial charge in [0.05, 0.1) is 0 Å². The molecule has 7 heteroatoms. The maximum Gasteiger partial charge on any atom is 0.569 e. The van der Waals surface area contributed by atoms with Gasteiger partial charge >= 0.3 is 7.69 Å². The summed E-state index contributed by atoms with van der Waals surface area (Å²) in [6, 6.07) is 133. The lowest BCUT2D eigenvalue weighted by atomic mass is 9.89. The molecule has 0 fully saturated rings. The summed E-state index contributed by atoms with van der Waals surface area (Å²) in [4.78, 5) is 4.55. The van der Waals surface area contributed by atoms with Crippen molar-refractivity contribution in [2.75, 3.05) is 9.80 Å². The zero-order valence-electron chi connectivity index (χ0n) is 57.5. The predicted molar refractivity (Wildman–Crippen MR) is 458 cm³/mol. The molecule has 0 aromatic heterocycles. The van der Waals surface area contributed by atoms with E-state index in [1.807, 2.05) is 36.4 Å². The van der Waals surface area contributed by atoms with Gasteiger partial charge in [0.25, 0.3) is 0 Å². The van der Waals surface area contributed by atoms with Gasteiger partial charge in [-0.1, -0.05) is 333 Å². The summed E-state index contributed by atoms with van der Waals surface area (Å²) < 4.78 is 6.26. The Labute approximate surface area is 633 Å². The molecular formula is C99H73B2BrN2O2. The van der Waals surface area contributed by atoms with Crippen LogP contribution in [0.4, 0.5) is 34.1 Å². The molecule has 106 heavy (non-hydrogen) atoms. The van der Waals surface area contributed by atoms with Crippen LogP contribution in [0.2, 0.25) is 0 Å². The van der Waals surface area contributed by atoms with Crippen LogP contribution >= 0.6 is 15.9 Å². The number of nitrogens with zero attached hydrogens (tertiary/aromatic N) is 2. The molecule has 16 aromatic rings. The van der Waals surface area contributed by atoms with Crippen molar-refractivity contribution < 1.29 is 9.68 Å². The van der Waals surface area contributed by atoms with Crippen molar-refractivity contribution in [2.24, 2.45) is 0 Å². The highest BCUT2D eigenvalue weighted by atomic mass is 79.9. The molecule has 0 amide bonds. The Hall–Kier alpha value is -13.0. The maximum absolute atomic E-state index is 8.94. The normalized spacial score (nSPS) is 10.9. The van der Waals surface area contributed by atoms with Crippen LogP contribution in [0.1, 0.15) is 29.7 Å². The number of rotatable bonds is 15. The minimum Gasteiger partial charge on any atom is -0.537 e. The summed E-state index contributed by atoms with van der Waals surface area (Å²) in [5, 5.41) is 14.2. The number of terminal acetylenes is 1. The van der Waals surface area contributed by atoms with E-state index in [4.69, 9.17) is 9.68 Å². The molecule has 4 radical (unpaired) electrons. The molecular weight excluding hydrogens is 1350 g/mol. The van der Waals surface area contributed by atoms with E-state index in [9.17, 15) is 0 Å². The van der Waals surface area contributed by atoms with Gasteiger partial charge in [0.1, 0.15) is 5.75 Å². The monoisotopic (exact) mass is 1420 g/mol. The Bertz CT molecular complexity index is 5500. The first-order valence-electron chi connectivity index (χ1n) is 34.7. The van der Waals surface area contributed by atoms with Crippen molar-refractivity contribution in [3.05, 3.63) is 403 Å². The molecule has 0 saturated heterocycles. The molecule has 0 bridgehead atoms. The largest absolute Gasteiger partial charge is 0.569 e. The molecule has 1 N–H and O–H groups in total. The average Bonchev–Trinajstić information content (AvgIpc) is 1.52. The first kappa shape index (κ1) is 71.4. The van der Waals surface area contributed by atoms with Crippen molar-refractivity contribution in [3.8, 4) is 96.5 Å². The van der Waals surface area contributed by atoms with Crippen LogP contribution in [-0.4, -0.2) is 21.1 Å². The van der Waals surface area contributed by atoms with Crippen molar-refractivity contribution in [2.45, 2.75) is 7.43 Å². The summed E-state index contributed by atoms with van der Waals surface area (Å²) in [6.45, 7) is 0. The van der Waals surface area contributed by atoms with E-state index in [0.717, 1.165) is 38.6 Å². The Kier molecular flexibility index (Phi) is 22.5. The molecule has 2 aliphatic rings. The lowest BCUT2D eigenvalue weighted by Gasteiger charge is -2.26. The van der Waals surface area contributed by atoms with Crippen molar-refractivity contribution in [1.82, 2.24) is 0 Å². The molecule has 0 heterocycles. The molecule has 4 nitrogen and oxygen atoms in total. The van der Waals surface area contributed by atoms with Gasteiger partial charge in [0.2, 0.25) is 0 Å². The molecule has 0 aliphatic heterocycles. The molecule has 18 rings (SSSR count). The summed E-state index contributed by atoms with van der Waals surface area (Å²) in [5.74, 6) is 0.574. The number of anilines is 6. The van der Waals surface area contributed by atoms with Crippen LogP contribution in [-0.2, 0) is 0 Å². The first-order chi connectivity index (χ1) is 51.5. The summed E-state index contributed by atoms with van der Waals surface area (Å²) >= 11 is 3.71. The van der Waals surface area contributed by atoms with E-state index >= 15 is 0 Å². The van der Waals surface area contributed by atoms with Gasteiger partial charge in [0, 0.05) is 52.4 Å². The highest BCUT2D eigenvalue weighted by Gasteiger charge is 2.21. The van der Waals surface area contributed by atoms with Crippen LogP contribution in [0, 0.1) is 12.8 Å². The molecule has 0 unspecified atom stereocenters. The Morgan fingerprint density at radius 1 is 0.245 bits per heavy atom. The van der Waals surface area contributed by atoms with Gasteiger partial charge in [-0.25, -0.2) is 0 Å². The Balaban J connectivity index is 0.000000151. The Morgan fingerprint density at radius 2 is 0.462 bits per heavy atom. The lowest BCUT2D eigenvalue weighted by Crippen LogP contribution is -2.10. The smallest absolute Gasteiger partial charge is 0.537 e. The summed E-state index contributed by atoms with van der Waals surface area (Å²) in [5.41, 5.74) is 28.7. The van der Waals surface area contributed by atoms with Crippen molar-refractivity contribution >= 4 is 112 Å².